The number of hydrogen-bond acceptors (Lipinski definition) is 5. The maximum atomic E-state index is 12.9. The minimum atomic E-state index is -0.236. The summed E-state index contributed by atoms with van der Waals surface area (Å²) in [4.78, 5) is 42.4. The minimum absolute atomic E-state index is 0.0181. The van der Waals surface area contributed by atoms with Crippen LogP contribution in [0.1, 0.15) is 32.5 Å². The highest BCUT2D eigenvalue weighted by Crippen LogP contribution is 2.19. The highest BCUT2D eigenvalue weighted by Gasteiger charge is 2.25. The summed E-state index contributed by atoms with van der Waals surface area (Å²) in [5, 5.41) is 7.93. The summed E-state index contributed by atoms with van der Waals surface area (Å²) in [7, 11) is 0. The van der Waals surface area contributed by atoms with Gasteiger partial charge in [0, 0.05) is 37.6 Å². The van der Waals surface area contributed by atoms with Crippen molar-refractivity contribution in [3.05, 3.63) is 82.0 Å². The van der Waals surface area contributed by atoms with Crippen molar-refractivity contribution in [2.75, 3.05) is 43.4 Å². The van der Waals surface area contributed by atoms with E-state index in [9.17, 15) is 14.4 Å². The van der Waals surface area contributed by atoms with E-state index in [1.807, 2.05) is 47.8 Å². The zero-order valence-corrected chi connectivity index (χ0v) is 19.9. The van der Waals surface area contributed by atoms with Crippen LogP contribution in [0.15, 0.2) is 66.0 Å². The second-order valence-corrected chi connectivity index (χ2v) is 9.00. The van der Waals surface area contributed by atoms with Crippen molar-refractivity contribution in [1.29, 1.82) is 0 Å². The van der Waals surface area contributed by atoms with Gasteiger partial charge >= 0.3 is 0 Å². The van der Waals surface area contributed by atoms with Crippen LogP contribution in [0.5, 0.6) is 0 Å². The molecule has 0 radical (unpaired) electrons. The largest absolute Gasteiger partial charge is 0.376 e. The molecule has 0 unspecified atom stereocenters. The fourth-order valence-electron chi connectivity index (χ4n) is 3.86. The van der Waals surface area contributed by atoms with Crippen molar-refractivity contribution < 1.29 is 14.4 Å². The lowest BCUT2D eigenvalue weighted by atomic mass is 10.1. The smallest absolute Gasteiger partial charge is 0.264 e. The number of para-hydroxylation sites is 1. The van der Waals surface area contributed by atoms with E-state index in [1.54, 1.807) is 28.0 Å². The topological polar surface area (TPSA) is 81.8 Å². The van der Waals surface area contributed by atoms with Crippen LogP contribution in [-0.4, -0.2) is 60.2 Å². The molecule has 176 valence electrons. The lowest BCUT2D eigenvalue weighted by Crippen LogP contribution is -2.51. The number of carbonyl (C=O) groups is 3. The quantitative estimate of drug-likeness (QED) is 0.541. The number of benzene rings is 2. The molecule has 0 spiro atoms. The van der Waals surface area contributed by atoms with Gasteiger partial charge in [-0.25, -0.2) is 0 Å². The van der Waals surface area contributed by atoms with Crippen LogP contribution in [0.4, 0.5) is 11.4 Å². The molecule has 0 bridgehead atoms. The maximum Gasteiger partial charge on any atom is 0.264 e. The van der Waals surface area contributed by atoms with E-state index in [0.29, 0.717) is 37.4 Å². The van der Waals surface area contributed by atoms with Gasteiger partial charge in [-0.3, -0.25) is 14.4 Å². The number of nitrogens with one attached hydrogen (secondary N) is 2. The van der Waals surface area contributed by atoms with E-state index in [2.05, 4.69) is 17.6 Å². The third-order valence-electron chi connectivity index (χ3n) is 5.87. The average Bonchev–Trinajstić information content (AvgIpc) is 3.42. The zero-order chi connectivity index (χ0) is 23.9. The average molecular weight is 477 g/mol. The normalized spacial score (nSPS) is 13.4. The van der Waals surface area contributed by atoms with Crippen molar-refractivity contribution in [3.63, 3.8) is 0 Å². The molecule has 7 nitrogen and oxygen atoms in total. The second kappa shape index (κ2) is 11.0. The van der Waals surface area contributed by atoms with Crippen LogP contribution >= 0.6 is 11.3 Å². The van der Waals surface area contributed by atoms with Gasteiger partial charge in [0.25, 0.3) is 11.8 Å². The van der Waals surface area contributed by atoms with Gasteiger partial charge in [-0.05, 0) is 47.7 Å². The SMILES string of the molecule is CCc1ccc(NC(=O)c2ccccc2NCC(=O)N2CCN(C(=O)c3cccs3)CC2)cc1. The molecule has 2 N–H and O–H groups in total. The standard InChI is InChI=1S/C26H28N4O3S/c1-2-19-9-11-20(12-10-19)28-25(32)21-6-3-4-7-22(21)27-18-24(31)29-13-15-30(16-14-29)26(33)23-8-5-17-34-23/h3-12,17,27H,2,13-16,18H2,1H3,(H,28,32). The molecular formula is C26H28N4O3S. The summed E-state index contributed by atoms with van der Waals surface area (Å²) in [5.41, 5.74) is 3.00. The van der Waals surface area contributed by atoms with Crippen LogP contribution in [-0.2, 0) is 11.2 Å². The van der Waals surface area contributed by atoms with Gasteiger partial charge in [0.15, 0.2) is 0 Å². The maximum absolute atomic E-state index is 12.9. The van der Waals surface area contributed by atoms with Gasteiger partial charge < -0.3 is 20.4 Å². The Kier molecular flexibility index (Phi) is 7.59. The van der Waals surface area contributed by atoms with E-state index in [1.165, 1.54) is 16.9 Å². The number of aryl methyl sites for hydroxylation is 1. The molecule has 3 aromatic rings. The Morgan fingerprint density at radius 1 is 0.882 bits per heavy atom. The molecule has 0 saturated carbocycles. The molecule has 2 heterocycles. The molecular weight excluding hydrogens is 448 g/mol. The number of rotatable bonds is 7. The molecule has 8 heteroatoms. The number of anilines is 2. The predicted molar refractivity (Wildman–Crippen MR) is 136 cm³/mol. The summed E-state index contributed by atoms with van der Waals surface area (Å²) in [6.07, 6.45) is 0.939. The number of nitrogens with zero attached hydrogens (tertiary/aromatic N) is 2. The summed E-state index contributed by atoms with van der Waals surface area (Å²) in [6, 6.07) is 18.6. The first-order valence-corrected chi connectivity index (χ1v) is 12.3. The van der Waals surface area contributed by atoms with Gasteiger partial charge in [-0.1, -0.05) is 37.3 Å². The molecule has 0 atom stereocenters. The third kappa shape index (κ3) is 5.63. The molecule has 4 rings (SSSR count). The summed E-state index contributed by atoms with van der Waals surface area (Å²) < 4.78 is 0. The van der Waals surface area contributed by atoms with Crippen molar-refractivity contribution in [3.8, 4) is 0 Å². The number of piperazine rings is 1. The lowest BCUT2D eigenvalue weighted by molar-refractivity contribution is -0.130. The van der Waals surface area contributed by atoms with E-state index in [4.69, 9.17) is 0 Å². The summed E-state index contributed by atoms with van der Waals surface area (Å²) in [6.45, 7) is 4.17. The van der Waals surface area contributed by atoms with Gasteiger partial charge in [0.05, 0.1) is 17.0 Å². The minimum Gasteiger partial charge on any atom is -0.376 e. The molecule has 1 saturated heterocycles. The number of amides is 3. The van der Waals surface area contributed by atoms with Crippen LogP contribution in [0.2, 0.25) is 0 Å². The molecule has 1 aromatic heterocycles. The third-order valence-corrected chi connectivity index (χ3v) is 6.73. The van der Waals surface area contributed by atoms with Gasteiger partial charge in [0.1, 0.15) is 0 Å². The Labute approximate surface area is 203 Å². The number of carbonyl (C=O) groups excluding carboxylic acids is 3. The Morgan fingerprint density at radius 3 is 2.26 bits per heavy atom. The van der Waals surface area contributed by atoms with Crippen molar-refractivity contribution in [1.82, 2.24) is 9.80 Å². The lowest BCUT2D eigenvalue weighted by Gasteiger charge is -2.34. The molecule has 0 aliphatic carbocycles. The monoisotopic (exact) mass is 476 g/mol. The number of hydrogen-bond donors (Lipinski definition) is 2. The molecule has 1 aliphatic rings. The van der Waals surface area contributed by atoms with E-state index >= 15 is 0 Å². The molecule has 34 heavy (non-hydrogen) atoms. The first-order valence-electron chi connectivity index (χ1n) is 11.4. The highest BCUT2D eigenvalue weighted by atomic mass is 32.1. The van der Waals surface area contributed by atoms with Gasteiger partial charge in [-0.2, -0.15) is 0 Å². The molecule has 1 fully saturated rings. The van der Waals surface area contributed by atoms with E-state index < -0.39 is 0 Å². The summed E-state index contributed by atoms with van der Waals surface area (Å²) in [5.74, 6) is -0.279. The van der Waals surface area contributed by atoms with Gasteiger partial charge in [0.2, 0.25) is 5.91 Å². The number of thiophene rings is 1. The Balaban J connectivity index is 1.31. The van der Waals surface area contributed by atoms with Gasteiger partial charge in [-0.15, -0.1) is 11.3 Å². The van der Waals surface area contributed by atoms with Crippen LogP contribution in [0, 0.1) is 0 Å². The van der Waals surface area contributed by atoms with Crippen molar-refractivity contribution >= 4 is 40.4 Å². The summed E-state index contributed by atoms with van der Waals surface area (Å²) >= 11 is 1.43. The Morgan fingerprint density at radius 2 is 1.59 bits per heavy atom. The first-order chi connectivity index (χ1) is 16.5. The van der Waals surface area contributed by atoms with E-state index in [-0.39, 0.29) is 24.3 Å². The van der Waals surface area contributed by atoms with E-state index in [0.717, 1.165) is 17.0 Å². The fraction of sp³-hybridized carbons (Fsp3) is 0.269. The fourth-order valence-corrected chi connectivity index (χ4v) is 4.55. The van der Waals surface area contributed by atoms with Crippen molar-refractivity contribution in [2.45, 2.75) is 13.3 Å². The Bertz CT molecular complexity index is 1140. The zero-order valence-electron chi connectivity index (χ0n) is 19.1. The van der Waals surface area contributed by atoms with Crippen molar-refractivity contribution in [2.24, 2.45) is 0 Å². The highest BCUT2D eigenvalue weighted by molar-refractivity contribution is 7.12. The first kappa shape index (κ1) is 23.5. The molecule has 3 amide bonds. The molecule has 2 aromatic carbocycles. The van der Waals surface area contributed by atoms with Crippen LogP contribution < -0.4 is 10.6 Å². The van der Waals surface area contributed by atoms with Crippen LogP contribution in [0.25, 0.3) is 0 Å². The predicted octanol–water partition coefficient (Wildman–Crippen LogP) is 3.96. The second-order valence-electron chi connectivity index (χ2n) is 8.05. The van der Waals surface area contributed by atoms with Crippen LogP contribution in [0.3, 0.4) is 0 Å². The Hall–Kier alpha value is -3.65. The molecule has 1 aliphatic heterocycles.